The molecule has 5 heteroatoms. The van der Waals surface area contributed by atoms with Crippen LogP contribution < -0.4 is 5.32 Å². The van der Waals surface area contributed by atoms with Crippen LogP contribution in [-0.2, 0) is 4.79 Å². The van der Waals surface area contributed by atoms with Crippen molar-refractivity contribution in [2.45, 2.75) is 27.7 Å². The van der Waals surface area contributed by atoms with Gasteiger partial charge in [0.1, 0.15) is 0 Å². The number of amides is 1. The molecular weight excluding hydrogens is 306 g/mol. The van der Waals surface area contributed by atoms with Crippen molar-refractivity contribution in [3.8, 4) is 11.3 Å². The van der Waals surface area contributed by atoms with E-state index in [4.69, 9.17) is 4.98 Å². The van der Waals surface area contributed by atoms with E-state index in [-0.39, 0.29) is 11.8 Å². The number of hydrogen-bond acceptors (Lipinski definition) is 4. The molecule has 0 saturated carbocycles. The van der Waals surface area contributed by atoms with Gasteiger partial charge in [-0.3, -0.25) is 4.79 Å². The third-order valence-corrected chi connectivity index (χ3v) is 4.46. The Morgan fingerprint density at radius 3 is 2.65 bits per heavy atom. The van der Waals surface area contributed by atoms with Crippen molar-refractivity contribution in [3.05, 3.63) is 40.9 Å². The highest BCUT2D eigenvalue weighted by Crippen LogP contribution is 2.32. The zero-order valence-electron chi connectivity index (χ0n) is 13.7. The highest BCUT2D eigenvalue weighted by Gasteiger charge is 2.14. The molecule has 0 radical (unpaired) electrons. The summed E-state index contributed by atoms with van der Waals surface area (Å²) in [5.41, 5.74) is 5.88. The lowest BCUT2D eigenvalue weighted by Crippen LogP contribution is -2.18. The fourth-order valence-electron chi connectivity index (χ4n) is 2.53. The summed E-state index contributed by atoms with van der Waals surface area (Å²) in [7, 11) is 0. The van der Waals surface area contributed by atoms with Crippen LogP contribution in [0.2, 0.25) is 0 Å². The van der Waals surface area contributed by atoms with Crippen molar-refractivity contribution in [2.75, 3.05) is 5.32 Å². The maximum atomic E-state index is 12.1. The average Bonchev–Trinajstić information content (AvgIpc) is 3.04. The predicted octanol–water partition coefficient (Wildman–Crippen LogP) is 4.57. The van der Waals surface area contributed by atoms with Gasteiger partial charge < -0.3 is 5.32 Å². The standard InChI is InChI=1S/C18H19N3OS/c1-10(2)18(22)21-14-6-5-11(3)17-16(14)12(4)7-15(20-17)13-8-19-23-9-13/h5-10H,1-4H3,(H,21,22). The van der Waals surface area contributed by atoms with Crippen molar-refractivity contribution in [1.82, 2.24) is 9.36 Å². The summed E-state index contributed by atoms with van der Waals surface area (Å²) in [6, 6.07) is 6.01. The zero-order chi connectivity index (χ0) is 16.6. The number of aryl methyl sites for hydroxylation is 2. The van der Waals surface area contributed by atoms with Gasteiger partial charge in [0, 0.05) is 22.2 Å². The van der Waals surface area contributed by atoms with Crippen LogP contribution >= 0.6 is 11.5 Å². The van der Waals surface area contributed by atoms with Gasteiger partial charge in [-0.25, -0.2) is 9.36 Å². The number of nitrogens with one attached hydrogen (secondary N) is 1. The summed E-state index contributed by atoms with van der Waals surface area (Å²) in [5, 5.41) is 6.02. The average molecular weight is 325 g/mol. The van der Waals surface area contributed by atoms with Gasteiger partial charge in [0.05, 0.1) is 23.1 Å². The molecule has 0 unspecified atom stereocenters. The van der Waals surface area contributed by atoms with Gasteiger partial charge in [-0.2, -0.15) is 0 Å². The molecule has 118 valence electrons. The van der Waals surface area contributed by atoms with Gasteiger partial charge in [0.2, 0.25) is 5.91 Å². The van der Waals surface area contributed by atoms with E-state index in [0.717, 1.165) is 39.0 Å². The molecular formula is C18H19N3OS. The molecule has 1 amide bonds. The third kappa shape index (κ3) is 2.97. The zero-order valence-corrected chi connectivity index (χ0v) is 14.5. The molecule has 0 spiro atoms. The normalized spacial score (nSPS) is 11.2. The lowest BCUT2D eigenvalue weighted by Gasteiger charge is -2.14. The first-order valence-electron chi connectivity index (χ1n) is 7.59. The molecule has 0 aliphatic rings. The number of benzene rings is 1. The minimum Gasteiger partial charge on any atom is -0.325 e. The van der Waals surface area contributed by atoms with Gasteiger partial charge in [-0.15, -0.1) is 0 Å². The summed E-state index contributed by atoms with van der Waals surface area (Å²) in [4.78, 5) is 16.9. The van der Waals surface area contributed by atoms with Crippen molar-refractivity contribution < 1.29 is 4.79 Å². The molecule has 0 aliphatic carbocycles. The first-order chi connectivity index (χ1) is 11.0. The van der Waals surface area contributed by atoms with E-state index < -0.39 is 0 Å². The molecule has 3 aromatic rings. The van der Waals surface area contributed by atoms with Gasteiger partial charge in [-0.05, 0) is 48.6 Å². The molecule has 23 heavy (non-hydrogen) atoms. The second kappa shape index (κ2) is 6.08. The van der Waals surface area contributed by atoms with Crippen LogP contribution in [0.1, 0.15) is 25.0 Å². The fraction of sp³-hybridized carbons (Fsp3) is 0.278. The Morgan fingerprint density at radius 1 is 1.22 bits per heavy atom. The fourth-order valence-corrected chi connectivity index (χ4v) is 3.06. The second-order valence-corrected chi connectivity index (χ2v) is 6.69. The number of anilines is 1. The van der Waals surface area contributed by atoms with E-state index in [2.05, 4.69) is 22.7 Å². The van der Waals surface area contributed by atoms with E-state index in [9.17, 15) is 4.79 Å². The van der Waals surface area contributed by atoms with E-state index in [1.165, 1.54) is 11.5 Å². The number of carbonyl (C=O) groups excluding carboxylic acids is 1. The largest absolute Gasteiger partial charge is 0.325 e. The number of nitrogens with zero attached hydrogens (tertiary/aromatic N) is 2. The molecule has 0 fully saturated rings. The van der Waals surface area contributed by atoms with Crippen LogP contribution in [0.15, 0.2) is 29.8 Å². The van der Waals surface area contributed by atoms with Crippen molar-refractivity contribution in [2.24, 2.45) is 5.92 Å². The number of carbonyl (C=O) groups is 1. The second-order valence-electron chi connectivity index (χ2n) is 6.04. The molecule has 3 rings (SSSR count). The molecule has 0 bridgehead atoms. The van der Waals surface area contributed by atoms with Crippen molar-refractivity contribution in [3.63, 3.8) is 0 Å². The third-order valence-electron chi connectivity index (χ3n) is 3.87. The maximum absolute atomic E-state index is 12.1. The number of pyridine rings is 1. The lowest BCUT2D eigenvalue weighted by atomic mass is 10.0. The van der Waals surface area contributed by atoms with Crippen LogP contribution in [0.3, 0.4) is 0 Å². The summed E-state index contributed by atoms with van der Waals surface area (Å²) < 4.78 is 4.15. The topological polar surface area (TPSA) is 54.9 Å². The molecule has 0 atom stereocenters. The molecule has 0 saturated heterocycles. The van der Waals surface area contributed by atoms with Gasteiger partial charge in [0.15, 0.2) is 0 Å². The number of fused-ring (bicyclic) bond motifs is 1. The minimum absolute atomic E-state index is 0.0145. The van der Waals surface area contributed by atoms with E-state index >= 15 is 0 Å². The monoisotopic (exact) mass is 325 g/mol. The number of aromatic nitrogens is 2. The molecule has 2 heterocycles. The van der Waals surface area contributed by atoms with E-state index in [0.29, 0.717) is 0 Å². The van der Waals surface area contributed by atoms with E-state index in [1.807, 2.05) is 44.5 Å². The SMILES string of the molecule is Cc1ccc(NC(=O)C(C)C)c2c(C)cc(-c3cnsc3)nc12. The van der Waals surface area contributed by atoms with Crippen LogP contribution in [0.5, 0.6) is 0 Å². The van der Waals surface area contributed by atoms with Crippen molar-refractivity contribution >= 4 is 34.0 Å². The van der Waals surface area contributed by atoms with E-state index in [1.54, 1.807) is 0 Å². The van der Waals surface area contributed by atoms with Crippen molar-refractivity contribution in [1.29, 1.82) is 0 Å². The quantitative estimate of drug-likeness (QED) is 0.767. The Kier molecular flexibility index (Phi) is 4.13. The lowest BCUT2D eigenvalue weighted by molar-refractivity contribution is -0.118. The van der Waals surface area contributed by atoms with Crippen LogP contribution in [-0.4, -0.2) is 15.3 Å². The van der Waals surface area contributed by atoms with Gasteiger partial charge >= 0.3 is 0 Å². The summed E-state index contributed by atoms with van der Waals surface area (Å²) >= 11 is 1.42. The molecule has 4 nitrogen and oxygen atoms in total. The number of rotatable bonds is 3. The predicted molar refractivity (Wildman–Crippen MR) is 95.8 cm³/mol. The van der Waals surface area contributed by atoms with Gasteiger partial charge in [0.25, 0.3) is 0 Å². The summed E-state index contributed by atoms with van der Waals surface area (Å²) in [6.07, 6.45) is 1.83. The Labute approximate surface area is 139 Å². The first kappa shape index (κ1) is 15.6. The van der Waals surface area contributed by atoms with Crippen LogP contribution in [0, 0.1) is 19.8 Å². The Hall–Kier alpha value is -2.27. The Morgan fingerprint density at radius 2 is 2.00 bits per heavy atom. The smallest absolute Gasteiger partial charge is 0.226 e. The molecule has 1 aromatic carbocycles. The number of hydrogen-bond donors (Lipinski definition) is 1. The summed E-state index contributed by atoms with van der Waals surface area (Å²) in [5.74, 6) is -0.0450. The molecule has 0 aliphatic heterocycles. The van der Waals surface area contributed by atoms with Gasteiger partial charge in [-0.1, -0.05) is 19.9 Å². The maximum Gasteiger partial charge on any atom is 0.226 e. The Bertz CT molecular complexity index is 870. The van der Waals surface area contributed by atoms with Crippen LogP contribution in [0.25, 0.3) is 22.2 Å². The highest BCUT2D eigenvalue weighted by atomic mass is 32.1. The summed E-state index contributed by atoms with van der Waals surface area (Å²) in [6.45, 7) is 7.87. The van der Waals surface area contributed by atoms with Crippen LogP contribution in [0.4, 0.5) is 5.69 Å². The molecule has 2 aromatic heterocycles. The first-order valence-corrected chi connectivity index (χ1v) is 8.42. The Balaban J connectivity index is 2.18. The minimum atomic E-state index is -0.0595. The highest BCUT2D eigenvalue weighted by molar-refractivity contribution is 7.03. The molecule has 1 N–H and O–H groups in total.